The molecule has 0 bridgehead atoms. The van der Waals surface area contributed by atoms with E-state index in [-0.39, 0.29) is 5.91 Å². The molecule has 0 radical (unpaired) electrons. The first kappa shape index (κ1) is 12.5. The molecule has 6 nitrogen and oxygen atoms in total. The lowest BCUT2D eigenvalue weighted by Crippen LogP contribution is -2.25. The van der Waals surface area contributed by atoms with E-state index < -0.39 is 0 Å². The van der Waals surface area contributed by atoms with Gasteiger partial charge in [0.15, 0.2) is 5.82 Å². The van der Waals surface area contributed by atoms with Crippen molar-refractivity contribution in [3.8, 4) is 0 Å². The number of hydrogen-bond acceptors (Lipinski definition) is 6. The van der Waals surface area contributed by atoms with Crippen molar-refractivity contribution in [2.75, 3.05) is 5.43 Å². The third kappa shape index (κ3) is 2.82. The van der Waals surface area contributed by atoms with Crippen molar-refractivity contribution in [1.29, 1.82) is 0 Å². The summed E-state index contributed by atoms with van der Waals surface area (Å²) in [5.74, 6) is 5.42. The summed E-state index contributed by atoms with van der Waals surface area (Å²) in [7, 11) is 0. The Hall–Kier alpha value is -1.99. The smallest absolute Gasteiger partial charge is 0.255 e. The van der Waals surface area contributed by atoms with Crippen LogP contribution in [0.25, 0.3) is 0 Å². The monoisotopic (exact) mass is 263 g/mol. The number of carbonyl (C=O) groups excluding carboxylic acids is 1. The van der Waals surface area contributed by atoms with Crippen LogP contribution in [-0.4, -0.2) is 15.9 Å². The summed E-state index contributed by atoms with van der Waals surface area (Å²) in [6.45, 7) is 2.32. The lowest BCUT2D eigenvalue weighted by Gasteiger charge is -2.07. The molecule has 0 aliphatic heterocycles. The van der Waals surface area contributed by atoms with E-state index in [1.807, 2.05) is 12.3 Å². The van der Waals surface area contributed by atoms with Crippen molar-refractivity contribution in [1.82, 2.24) is 15.3 Å². The number of thiazole rings is 1. The SMILES string of the molecule is Cc1csc(CNC(=O)c2cccnc2NN)n1. The second-order valence-corrected chi connectivity index (χ2v) is 4.55. The van der Waals surface area contributed by atoms with Crippen molar-refractivity contribution in [2.45, 2.75) is 13.5 Å². The number of aryl methyl sites for hydroxylation is 1. The molecule has 2 aromatic rings. The van der Waals surface area contributed by atoms with Gasteiger partial charge in [0.2, 0.25) is 0 Å². The second-order valence-electron chi connectivity index (χ2n) is 3.61. The molecule has 0 aliphatic rings. The topological polar surface area (TPSA) is 92.9 Å². The first-order chi connectivity index (χ1) is 8.70. The summed E-state index contributed by atoms with van der Waals surface area (Å²) in [6, 6.07) is 3.34. The van der Waals surface area contributed by atoms with Crippen molar-refractivity contribution in [3.63, 3.8) is 0 Å². The molecular formula is C11H13N5OS. The molecule has 0 fully saturated rings. The van der Waals surface area contributed by atoms with Crippen LogP contribution in [-0.2, 0) is 6.54 Å². The Labute approximate surface area is 108 Å². The number of anilines is 1. The minimum Gasteiger partial charge on any atom is -0.345 e. The van der Waals surface area contributed by atoms with Crippen LogP contribution in [0.2, 0.25) is 0 Å². The molecule has 4 N–H and O–H groups in total. The summed E-state index contributed by atoms with van der Waals surface area (Å²) >= 11 is 1.51. The summed E-state index contributed by atoms with van der Waals surface area (Å²) in [6.07, 6.45) is 1.57. The summed E-state index contributed by atoms with van der Waals surface area (Å²) in [4.78, 5) is 20.2. The number of nitrogens with zero attached hydrogens (tertiary/aromatic N) is 2. The van der Waals surface area contributed by atoms with E-state index in [1.54, 1.807) is 18.3 Å². The quantitative estimate of drug-likeness (QED) is 0.566. The van der Waals surface area contributed by atoms with E-state index in [1.165, 1.54) is 11.3 Å². The maximum atomic E-state index is 11.9. The Balaban J connectivity index is 2.03. The number of carbonyl (C=O) groups is 1. The number of pyridine rings is 1. The van der Waals surface area contributed by atoms with Crippen molar-refractivity contribution < 1.29 is 4.79 Å². The number of amides is 1. The average molecular weight is 263 g/mol. The van der Waals surface area contributed by atoms with E-state index in [0.717, 1.165) is 10.7 Å². The van der Waals surface area contributed by atoms with Gasteiger partial charge in [-0.3, -0.25) is 4.79 Å². The van der Waals surface area contributed by atoms with E-state index in [2.05, 4.69) is 20.7 Å². The van der Waals surface area contributed by atoms with Crippen LogP contribution in [0.15, 0.2) is 23.7 Å². The molecular weight excluding hydrogens is 250 g/mol. The minimum absolute atomic E-state index is 0.232. The zero-order valence-corrected chi connectivity index (χ0v) is 10.6. The first-order valence-corrected chi connectivity index (χ1v) is 6.19. The molecule has 0 aliphatic carbocycles. The zero-order valence-electron chi connectivity index (χ0n) is 9.80. The van der Waals surface area contributed by atoms with Gasteiger partial charge in [0.25, 0.3) is 5.91 Å². The largest absolute Gasteiger partial charge is 0.345 e. The fraction of sp³-hybridized carbons (Fsp3) is 0.182. The van der Waals surface area contributed by atoms with Gasteiger partial charge in [-0.2, -0.15) is 0 Å². The highest BCUT2D eigenvalue weighted by Gasteiger charge is 2.11. The van der Waals surface area contributed by atoms with Crippen LogP contribution < -0.4 is 16.6 Å². The second kappa shape index (κ2) is 5.56. The predicted octanol–water partition coefficient (Wildman–Crippen LogP) is 1.06. The highest BCUT2D eigenvalue weighted by atomic mass is 32.1. The maximum absolute atomic E-state index is 11.9. The van der Waals surface area contributed by atoms with Crippen LogP contribution >= 0.6 is 11.3 Å². The highest BCUT2D eigenvalue weighted by molar-refractivity contribution is 7.09. The Morgan fingerprint density at radius 1 is 1.56 bits per heavy atom. The molecule has 0 aromatic carbocycles. The molecule has 2 rings (SSSR count). The number of nitrogens with two attached hydrogens (primary N) is 1. The fourth-order valence-corrected chi connectivity index (χ4v) is 2.15. The molecule has 2 heterocycles. The lowest BCUT2D eigenvalue weighted by molar-refractivity contribution is 0.0951. The molecule has 7 heteroatoms. The van der Waals surface area contributed by atoms with Gasteiger partial charge in [-0.1, -0.05) is 0 Å². The Morgan fingerprint density at radius 2 is 2.39 bits per heavy atom. The van der Waals surface area contributed by atoms with Crippen LogP contribution in [0.5, 0.6) is 0 Å². The summed E-state index contributed by atoms with van der Waals surface area (Å²) in [5.41, 5.74) is 3.76. The molecule has 0 atom stereocenters. The van der Waals surface area contributed by atoms with Crippen molar-refractivity contribution >= 4 is 23.1 Å². The Bertz CT molecular complexity index is 554. The molecule has 2 aromatic heterocycles. The third-order valence-corrected chi connectivity index (χ3v) is 3.22. The molecule has 18 heavy (non-hydrogen) atoms. The zero-order chi connectivity index (χ0) is 13.0. The molecule has 0 unspecified atom stereocenters. The van der Waals surface area contributed by atoms with Gasteiger partial charge >= 0.3 is 0 Å². The minimum atomic E-state index is -0.232. The Morgan fingerprint density at radius 3 is 3.06 bits per heavy atom. The summed E-state index contributed by atoms with van der Waals surface area (Å²) < 4.78 is 0. The molecule has 0 saturated heterocycles. The Kier molecular flexibility index (Phi) is 3.85. The predicted molar refractivity (Wildman–Crippen MR) is 70.1 cm³/mol. The number of hydrazine groups is 1. The van der Waals surface area contributed by atoms with Gasteiger partial charge in [0.1, 0.15) is 5.01 Å². The van der Waals surface area contributed by atoms with Crippen LogP contribution in [0.1, 0.15) is 21.1 Å². The van der Waals surface area contributed by atoms with Gasteiger partial charge in [-0.15, -0.1) is 11.3 Å². The number of nitrogen functional groups attached to an aromatic ring is 1. The van der Waals surface area contributed by atoms with E-state index in [9.17, 15) is 4.79 Å². The number of nitrogens with one attached hydrogen (secondary N) is 2. The van der Waals surface area contributed by atoms with Crippen LogP contribution in [0, 0.1) is 6.92 Å². The number of hydrogen-bond donors (Lipinski definition) is 3. The van der Waals surface area contributed by atoms with E-state index >= 15 is 0 Å². The van der Waals surface area contributed by atoms with Crippen molar-refractivity contribution in [3.05, 3.63) is 40.0 Å². The molecule has 1 amide bonds. The molecule has 94 valence electrons. The van der Waals surface area contributed by atoms with Gasteiger partial charge in [0.05, 0.1) is 12.1 Å². The third-order valence-electron chi connectivity index (χ3n) is 2.26. The van der Waals surface area contributed by atoms with Crippen LogP contribution in [0.4, 0.5) is 5.82 Å². The van der Waals surface area contributed by atoms with Gasteiger partial charge in [0, 0.05) is 17.3 Å². The van der Waals surface area contributed by atoms with Gasteiger partial charge in [-0.25, -0.2) is 15.8 Å². The highest BCUT2D eigenvalue weighted by Crippen LogP contribution is 2.11. The lowest BCUT2D eigenvalue weighted by atomic mass is 10.2. The molecule has 0 saturated carbocycles. The summed E-state index contributed by atoms with van der Waals surface area (Å²) in [5, 5.41) is 5.59. The van der Waals surface area contributed by atoms with Crippen LogP contribution in [0.3, 0.4) is 0 Å². The number of aromatic nitrogens is 2. The molecule has 0 spiro atoms. The van der Waals surface area contributed by atoms with Gasteiger partial charge in [-0.05, 0) is 19.1 Å². The number of rotatable bonds is 4. The standard InChI is InChI=1S/C11H13N5OS/c1-7-6-18-9(15-7)5-14-11(17)8-3-2-4-13-10(8)16-12/h2-4,6H,5,12H2,1H3,(H,13,16)(H,14,17). The van der Waals surface area contributed by atoms with E-state index in [0.29, 0.717) is 17.9 Å². The maximum Gasteiger partial charge on any atom is 0.255 e. The van der Waals surface area contributed by atoms with Gasteiger partial charge < -0.3 is 10.7 Å². The first-order valence-electron chi connectivity index (χ1n) is 5.31. The fourth-order valence-electron chi connectivity index (χ4n) is 1.44. The normalized spacial score (nSPS) is 10.1. The van der Waals surface area contributed by atoms with Crippen molar-refractivity contribution in [2.24, 2.45) is 5.84 Å². The average Bonchev–Trinajstić information content (AvgIpc) is 2.81. The van der Waals surface area contributed by atoms with E-state index in [4.69, 9.17) is 5.84 Å².